The Bertz CT molecular complexity index is 211. The molecule has 19 heavy (non-hydrogen) atoms. The van der Waals surface area contributed by atoms with Gasteiger partial charge in [0.25, 0.3) is 0 Å². The Morgan fingerprint density at radius 3 is 1.26 bits per heavy atom. The third kappa shape index (κ3) is 11.1. The summed E-state index contributed by atoms with van der Waals surface area (Å²) in [6.45, 7) is 3.34. The molecular formula is C12H20F6O. The molecule has 0 aromatic heterocycles. The van der Waals surface area contributed by atoms with Gasteiger partial charge in [0.05, 0.1) is 25.0 Å². The first-order valence-corrected chi connectivity index (χ1v) is 6.36. The second-order valence-electron chi connectivity index (χ2n) is 4.60. The van der Waals surface area contributed by atoms with E-state index < -0.39 is 37.4 Å². The van der Waals surface area contributed by atoms with E-state index in [2.05, 4.69) is 0 Å². The Kier molecular flexibility index (Phi) is 7.78. The number of ether oxygens (including phenoxy) is 1. The molecule has 0 aliphatic heterocycles. The van der Waals surface area contributed by atoms with E-state index in [9.17, 15) is 26.3 Å². The van der Waals surface area contributed by atoms with Gasteiger partial charge in [0.1, 0.15) is 0 Å². The van der Waals surface area contributed by atoms with Gasteiger partial charge in [0.2, 0.25) is 0 Å². The topological polar surface area (TPSA) is 9.23 Å². The summed E-state index contributed by atoms with van der Waals surface area (Å²) in [5.41, 5.74) is 0. The van der Waals surface area contributed by atoms with E-state index in [-0.39, 0.29) is 12.8 Å². The fraction of sp³-hybridized carbons (Fsp3) is 1.00. The summed E-state index contributed by atoms with van der Waals surface area (Å²) in [7, 11) is 0. The predicted molar refractivity (Wildman–Crippen MR) is 59.8 cm³/mol. The SMILES string of the molecule is CCCC(CC(F)(F)F)OC(CCC)CC(F)(F)F. The molecule has 0 aliphatic rings. The van der Waals surface area contributed by atoms with E-state index in [1.54, 1.807) is 13.8 Å². The minimum atomic E-state index is -4.42. The second kappa shape index (κ2) is 7.97. The van der Waals surface area contributed by atoms with Crippen LogP contribution in [0.2, 0.25) is 0 Å². The standard InChI is InChI=1S/C12H20F6O/c1-3-5-9(7-11(13,14)15)19-10(6-4-2)8-12(16,17)18/h9-10H,3-8H2,1-2H3. The Labute approximate surface area is 109 Å². The zero-order chi connectivity index (χ0) is 15.1. The van der Waals surface area contributed by atoms with Crippen LogP contribution in [0.3, 0.4) is 0 Å². The first-order chi connectivity index (χ1) is 8.57. The lowest BCUT2D eigenvalue weighted by Crippen LogP contribution is -2.30. The summed E-state index contributed by atoms with van der Waals surface area (Å²) >= 11 is 0. The molecule has 0 rings (SSSR count). The molecule has 0 radical (unpaired) electrons. The van der Waals surface area contributed by atoms with Gasteiger partial charge in [-0.05, 0) is 12.8 Å². The van der Waals surface area contributed by atoms with Crippen molar-refractivity contribution in [3.63, 3.8) is 0 Å². The van der Waals surface area contributed by atoms with Crippen molar-refractivity contribution < 1.29 is 31.1 Å². The van der Waals surface area contributed by atoms with Crippen LogP contribution in [0.15, 0.2) is 0 Å². The largest absolute Gasteiger partial charge is 0.391 e. The lowest BCUT2D eigenvalue weighted by molar-refractivity contribution is -0.191. The van der Waals surface area contributed by atoms with Gasteiger partial charge in [-0.1, -0.05) is 26.7 Å². The molecule has 0 N–H and O–H groups in total. The van der Waals surface area contributed by atoms with Crippen LogP contribution in [0.4, 0.5) is 26.3 Å². The molecule has 7 heteroatoms. The maximum Gasteiger partial charge on any atom is 0.391 e. The first kappa shape index (κ1) is 18.5. The highest BCUT2D eigenvalue weighted by Crippen LogP contribution is 2.30. The average molecular weight is 294 g/mol. The van der Waals surface area contributed by atoms with Gasteiger partial charge in [-0.25, -0.2) is 0 Å². The molecule has 1 nitrogen and oxygen atoms in total. The molecule has 2 unspecified atom stereocenters. The van der Waals surface area contributed by atoms with Crippen LogP contribution in [-0.2, 0) is 4.74 Å². The van der Waals surface area contributed by atoms with Crippen LogP contribution in [0.25, 0.3) is 0 Å². The van der Waals surface area contributed by atoms with Crippen LogP contribution < -0.4 is 0 Å². The Morgan fingerprint density at radius 1 is 0.737 bits per heavy atom. The molecule has 0 heterocycles. The fourth-order valence-corrected chi connectivity index (χ4v) is 1.87. The summed E-state index contributed by atoms with van der Waals surface area (Å²) in [6, 6.07) is 0. The van der Waals surface area contributed by atoms with Crippen molar-refractivity contribution in [2.24, 2.45) is 0 Å². The molecule has 0 fully saturated rings. The van der Waals surface area contributed by atoms with Crippen LogP contribution in [-0.4, -0.2) is 24.6 Å². The number of halogens is 6. The van der Waals surface area contributed by atoms with Crippen LogP contribution in [0.5, 0.6) is 0 Å². The molecule has 0 bridgehead atoms. The summed E-state index contributed by atoms with van der Waals surface area (Å²) in [5, 5.41) is 0. The highest BCUT2D eigenvalue weighted by molar-refractivity contribution is 4.70. The van der Waals surface area contributed by atoms with E-state index in [1.165, 1.54) is 0 Å². The van der Waals surface area contributed by atoms with Gasteiger partial charge in [-0.15, -0.1) is 0 Å². The lowest BCUT2D eigenvalue weighted by atomic mass is 10.1. The summed E-state index contributed by atoms with van der Waals surface area (Å²) < 4.78 is 78.8. The molecule has 0 amide bonds. The predicted octanol–water partition coefficient (Wildman–Crippen LogP) is 5.25. The Balaban J connectivity index is 4.55. The molecule has 0 aliphatic carbocycles. The fourth-order valence-electron chi connectivity index (χ4n) is 1.87. The smallest absolute Gasteiger partial charge is 0.374 e. The van der Waals surface area contributed by atoms with Crippen molar-refractivity contribution in [2.45, 2.75) is 76.9 Å². The van der Waals surface area contributed by atoms with Gasteiger partial charge in [0.15, 0.2) is 0 Å². The highest BCUT2D eigenvalue weighted by Gasteiger charge is 2.36. The summed E-state index contributed by atoms with van der Waals surface area (Å²) in [5.74, 6) is 0. The van der Waals surface area contributed by atoms with Gasteiger partial charge in [-0.2, -0.15) is 26.3 Å². The van der Waals surface area contributed by atoms with Crippen LogP contribution in [0.1, 0.15) is 52.4 Å². The van der Waals surface area contributed by atoms with Crippen molar-refractivity contribution in [3.8, 4) is 0 Å². The second-order valence-corrected chi connectivity index (χ2v) is 4.60. The molecule has 0 aromatic carbocycles. The monoisotopic (exact) mass is 294 g/mol. The van der Waals surface area contributed by atoms with Gasteiger partial charge < -0.3 is 4.74 Å². The van der Waals surface area contributed by atoms with E-state index in [1.807, 2.05) is 0 Å². The third-order valence-electron chi connectivity index (χ3n) is 2.52. The zero-order valence-corrected chi connectivity index (χ0v) is 11.1. The van der Waals surface area contributed by atoms with Gasteiger partial charge >= 0.3 is 12.4 Å². The molecule has 0 spiro atoms. The Hall–Kier alpha value is -0.460. The van der Waals surface area contributed by atoms with E-state index in [4.69, 9.17) is 4.74 Å². The maximum absolute atomic E-state index is 12.3. The lowest BCUT2D eigenvalue weighted by Gasteiger charge is -2.26. The van der Waals surface area contributed by atoms with E-state index in [0.717, 1.165) is 0 Å². The molecule has 0 saturated carbocycles. The molecular weight excluding hydrogens is 274 g/mol. The van der Waals surface area contributed by atoms with Gasteiger partial charge in [0, 0.05) is 0 Å². The number of hydrogen-bond donors (Lipinski definition) is 0. The normalized spacial score (nSPS) is 16.4. The summed E-state index contributed by atoms with van der Waals surface area (Å²) in [4.78, 5) is 0. The quantitative estimate of drug-likeness (QED) is 0.556. The minimum Gasteiger partial charge on any atom is -0.374 e. The number of hydrogen-bond acceptors (Lipinski definition) is 1. The van der Waals surface area contributed by atoms with Crippen molar-refractivity contribution >= 4 is 0 Å². The van der Waals surface area contributed by atoms with Crippen molar-refractivity contribution in [1.82, 2.24) is 0 Å². The Morgan fingerprint density at radius 2 is 1.05 bits per heavy atom. The molecule has 0 aromatic rings. The zero-order valence-electron chi connectivity index (χ0n) is 11.1. The third-order valence-corrected chi connectivity index (χ3v) is 2.52. The number of rotatable bonds is 8. The van der Waals surface area contributed by atoms with Crippen molar-refractivity contribution in [2.75, 3.05) is 0 Å². The number of alkyl halides is 6. The van der Waals surface area contributed by atoms with E-state index in [0.29, 0.717) is 12.8 Å². The van der Waals surface area contributed by atoms with Crippen LogP contribution >= 0.6 is 0 Å². The van der Waals surface area contributed by atoms with Crippen molar-refractivity contribution in [1.29, 1.82) is 0 Å². The van der Waals surface area contributed by atoms with E-state index >= 15 is 0 Å². The molecule has 116 valence electrons. The molecule has 2 atom stereocenters. The maximum atomic E-state index is 12.3. The van der Waals surface area contributed by atoms with Gasteiger partial charge in [-0.3, -0.25) is 0 Å². The van der Waals surface area contributed by atoms with Crippen molar-refractivity contribution in [3.05, 3.63) is 0 Å². The van der Waals surface area contributed by atoms with Crippen LogP contribution in [0, 0.1) is 0 Å². The highest BCUT2D eigenvalue weighted by atomic mass is 19.4. The molecule has 0 saturated heterocycles. The average Bonchev–Trinajstić information content (AvgIpc) is 2.12. The summed E-state index contributed by atoms with van der Waals surface area (Å²) in [6.07, 6.45) is -12.5. The minimum absolute atomic E-state index is 0.109. The first-order valence-electron chi connectivity index (χ1n) is 6.36.